The first kappa shape index (κ1) is 14.8. The van der Waals surface area contributed by atoms with Gasteiger partial charge < -0.3 is 5.32 Å². The van der Waals surface area contributed by atoms with Crippen molar-refractivity contribution in [2.75, 3.05) is 18.8 Å². The molecule has 0 aliphatic carbocycles. The summed E-state index contributed by atoms with van der Waals surface area (Å²) < 4.78 is 0. The number of hydrogen-bond donors (Lipinski definition) is 2. The van der Waals surface area contributed by atoms with Gasteiger partial charge in [-0.2, -0.15) is 0 Å². The summed E-state index contributed by atoms with van der Waals surface area (Å²) in [5, 5.41) is 7.65. The van der Waals surface area contributed by atoms with E-state index in [1.54, 1.807) is 18.0 Å². The van der Waals surface area contributed by atoms with Gasteiger partial charge in [-0.05, 0) is 25.0 Å². The minimum absolute atomic E-state index is 0.000817. The number of pyridine rings is 1. The van der Waals surface area contributed by atoms with E-state index >= 15 is 0 Å². The summed E-state index contributed by atoms with van der Waals surface area (Å²) in [7, 11) is 0. The molecule has 0 saturated carbocycles. The van der Waals surface area contributed by atoms with Gasteiger partial charge in [-0.25, -0.2) is 4.98 Å². The number of nitrogens with zero attached hydrogens (tertiary/aromatic N) is 2. The van der Waals surface area contributed by atoms with Crippen molar-refractivity contribution in [1.29, 1.82) is 0 Å². The second kappa shape index (κ2) is 7.24. The Morgan fingerprint density at radius 3 is 2.90 bits per heavy atom. The van der Waals surface area contributed by atoms with Crippen LogP contribution in [0.5, 0.6) is 0 Å². The van der Waals surface area contributed by atoms with Gasteiger partial charge in [-0.3, -0.25) is 15.0 Å². The molecule has 0 bridgehead atoms. The summed E-state index contributed by atoms with van der Waals surface area (Å²) in [6, 6.07) is 6.13. The molecular formula is C15H22N4OS. The molecule has 21 heavy (non-hydrogen) atoms. The van der Waals surface area contributed by atoms with E-state index in [-0.39, 0.29) is 18.2 Å². The topological polar surface area (TPSA) is 57.3 Å². The quantitative estimate of drug-likeness (QED) is 0.824. The Morgan fingerprint density at radius 1 is 1.29 bits per heavy atom. The number of aromatic nitrogens is 1. The molecule has 1 amide bonds. The van der Waals surface area contributed by atoms with Gasteiger partial charge in [0.2, 0.25) is 5.91 Å². The van der Waals surface area contributed by atoms with Crippen molar-refractivity contribution in [2.24, 2.45) is 0 Å². The number of likely N-dealkylation sites (tertiary alicyclic amines) is 1. The van der Waals surface area contributed by atoms with Crippen molar-refractivity contribution in [3.63, 3.8) is 0 Å². The van der Waals surface area contributed by atoms with Crippen LogP contribution >= 0.6 is 11.8 Å². The molecule has 3 rings (SSSR count). The van der Waals surface area contributed by atoms with E-state index in [0.717, 1.165) is 23.9 Å². The first-order chi connectivity index (χ1) is 10.3. The largest absolute Gasteiger partial charge is 0.328 e. The first-order valence-electron chi connectivity index (χ1n) is 7.64. The van der Waals surface area contributed by atoms with Crippen LogP contribution in [-0.2, 0) is 4.79 Å². The molecular weight excluding hydrogens is 284 g/mol. The molecule has 2 N–H and O–H groups in total. The number of piperidine rings is 1. The van der Waals surface area contributed by atoms with Crippen molar-refractivity contribution < 1.29 is 4.79 Å². The van der Waals surface area contributed by atoms with Crippen LogP contribution in [0.2, 0.25) is 0 Å². The van der Waals surface area contributed by atoms with E-state index in [1.807, 2.05) is 18.2 Å². The predicted octanol–water partition coefficient (Wildman–Crippen LogP) is 1.42. The SMILES string of the molecule is O=C1CC(CSc2ccccn2)NC(N2CCCCC2)N1. The predicted molar refractivity (Wildman–Crippen MR) is 83.9 cm³/mol. The Hall–Kier alpha value is -1.11. The second-order valence-corrected chi connectivity index (χ2v) is 6.65. The van der Waals surface area contributed by atoms with Crippen LogP contribution in [0.1, 0.15) is 25.7 Å². The van der Waals surface area contributed by atoms with Crippen LogP contribution in [0.15, 0.2) is 29.4 Å². The highest BCUT2D eigenvalue weighted by molar-refractivity contribution is 7.99. The van der Waals surface area contributed by atoms with Crippen LogP contribution < -0.4 is 10.6 Å². The monoisotopic (exact) mass is 306 g/mol. The van der Waals surface area contributed by atoms with Gasteiger partial charge in [0, 0.05) is 37.5 Å². The molecule has 0 radical (unpaired) electrons. The minimum Gasteiger partial charge on any atom is -0.328 e. The van der Waals surface area contributed by atoms with E-state index in [2.05, 4.69) is 20.5 Å². The van der Waals surface area contributed by atoms with Crippen molar-refractivity contribution in [3.8, 4) is 0 Å². The van der Waals surface area contributed by atoms with E-state index < -0.39 is 0 Å². The van der Waals surface area contributed by atoms with Crippen molar-refractivity contribution in [2.45, 2.75) is 43.0 Å². The van der Waals surface area contributed by atoms with Gasteiger partial charge in [0.15, 0.2) is 0 Å². The number of carbonyl (C=O) groups is 1. The van der Waals surface area contributed by atoms with Gasteiger partial charge in [0.05, 0.1) is 5.03 Å². The Bertz CT molecular complexity index is 464. The van der Waals surface area contributed by atoms with Gasteiger partial charge >= 0.3 is 0 Å². The van der Waals surface area contributed by atoms with Crippen LogP contribution in [-0.4, -0.2) is 47.0 Å². The average molecular weight is 306 g/mol. The molecule has 0 spiro atoms. The number of nitrogens with one attached hydrogen (secondary N) is 2. The molecule has 3 heterocycles. The molecule has 6 heteroatoms. The molecule has 2 unspecified atom stereocenters. The van der Waals surface area contributed by atoms with Crippen LogP contribution in [0.3, 0.4) is 0 Å². The molecule has 114 valence electrons. The van der Waals surface area contributed by atoms with Crippen molar-refractivity contribution in [1.82, 2.24) is 20.5 Å². The highest BCUT2D eigenvalue weighted by Crippen LogP contribution is 2.19. The summed E-state index contributed by atoms with van der Waals surface area (Å²) in [5.41, 5.74) is 0. The molecule has 2 aliphatic heterocycles. The Morgan fingerprint density at radius 2 is 2.14 bits per heavy atom. The summed E-state index contributed by atoms with van der Waals surface area (Å²) in [4.78, 5) is 18.6. The van der Waals surface area contributed by atoms with Crippen molar-refractivity contribution >= 4 is 17.7 Å². The third kappa shape index (κ3) is 4.18. The molecule has 2 saturated heterocycles. The molecule has 2 aliphatic rings. The number of carbonyl (C=O) groups excluding carboxylic acids is 1. The lowest BCUT2D eigenvalue weighted by Gasteiger charge is -2.40. The Labute approximate surface area is 129 Å². The molecule has 0 aromatic carbocycles. The van der Waals surface area contributed by atoms with Crippen LogP contribution in [0.4, 0.5) is 0 Å². The zero-order valence-corrected chi connectivity index (χ0v) is 12.9. The van der Waals surface area contributed by atoms with Crippen LogP contribution in [0, 0.1) is 0 Å². The zero-order valence-electron chi connectivity index (χ0n) is 12.1. The standard InChI is InChI=1S/C15H22N4OS/c20-13-10-12(11-21-14-6-2-3-7-16-14)17-15(18-13)19-8-4-1-5-9-19/h2-3,6-7,12,15,17H,1,4-5,8-11H2,(H,18,20). The minimum atomic E-state index is 0.000817. The third-order valence-corrected chi connectivity index (χ3v) is 5.06. The normalized spacial score (nSPS) is 27.3. The molecule has 1 aromatic rings. The number of hydrogen-bond acceptors (Lipinski definition) is 5. The molecule has 2 atom stereocenters. The van der Waals surface area contributed by atoms with E-state index in [1.165, 1.54) is 19.3 Å². The fourth-order valence-electron chi connectivity index (χ4n) is 2.86. The highest BCUT2D eigenvalue weighted by atomic mass is 32.2. The average Bonchev–Trinajstić information content (AvgIpc) is 2.54. The summed E-state index contributed by atoms with van der Waals surface area (Å²) in [5.74, 6) is 1.02. The van der Waals surface area contributed by atoms with E-state index in [0.29, 0.717) is 6.42 Å². The van der Waals surface area contributed by atoms with Gasteiger partial charge in [0.25, 0.3) is 0 Å². The number of thioether (sulfide) groups is 1. The molecule has 2 fully saturated rings. The Balaban J connectivity index is 1.54. The van der Waals surface area contributed by atoms with Crippen LogP contribution in [0.25, 0.3) is 0 Å². The smallest absolute Gasteiger partial charge is 0.223 e. The maximum Gasteiger partial charge on any atom is 0.223 e. The highest BCUT2D eigenvalue weighted by Gasteiger charge is 2.30. The number of amides is 1. The zero-order chi connectivity index (χ0) is 14.5. The van der Waals surface area contributed by atoms with Gasteiger partial charge in [0.1, 0.15) is 6.29 Å². The summed E-state index contributed by atoms with van der Waals surface area (Å²) >= 11 is 1.71. The lowest BCUT2D eigenvalue weighted by atomic mass is 10.1. The first-order valence-corrected chi connectivity index (χ1v) is 8.63. The fourth-order valence-corrected chi connectivity index (χ4v) is 3.75. The van der Waals surface area contributed by atoms with E-state index in [4.69, 9.17) is 0 Å². The summed E-state index contributed by atoms with van der Waals surface area (Å²) in [6.07, 6.45) is 6.10. The van der Waals surface area contributed by atoms with Crippen molar-refractivity contribution in [3.05, 3.63) is 24.4 Å². The van der Waals surface area contributed by atoms with E-state index in [9.17, 15) is 4.79 Å². The van der Waals surface area contributed by atoms with Gasteiger partial charge in [-0.1, -0.05) is 12.5 Å². The van der Waals surface area contributed by atoms with Gasteiger partial charge in [-0.15, -0.1) is 11.8 Å². The maximum absolute atomic E-state index is 11.9. The fraction of sp³-hybridized carbons (Fsp3) is 0.600. The lowest BCUT2D eigenvalue weighted by Crippen LogP contribution is -2.65. The Kier molecular flexibility index (Phi) is 5.11. The maximum atomic E-state index is 11.9. The summed E-state index contributed by atoms with van der Waals surface area (Å²) in [6.45, 7) is 2.14. The lowest BCUT2D eigenvalue weighted by molar-refractivity contribution is -0.126. The third-order valence-electron chi connectivity index (χ3n) is 3.95. The molecule has 5 nitrogen and oxygen atoms in total. The second-order valence-electron chi connectivity index (χ2n) is 5.61. The molecule has 1 aromatic heterocycles. The number of rotatable bonds is 4.